The van der Waals surface area contributed by atoms with Crippen LogP contribution in [0.2, 0.25) is 0 Å². The molecule has 96 valence electrons. The summed E-state index contributed by atoms with van der Waals surface area (Å²) in [5.41, 5.74) is 5.14. The molecule has 0 radical (unpaired) electrons. The van der Waals surface area contributed by atoms with E-state index >= 15 is 0 Å². The highest BCUT2D eigenvalue weighted by molar-refractivity contribution is 5.32. The second kappa shape index (κ2) is 5.36. The number of hydrogen-bond acceptors (Lipinski definition) is 2. The molecule has 2 N–H and O–H groups in total. The number of nitrogens with zero attached hydrogens (tertiary/aromatic N) is 1. The molecule has 0 aliphatic rings. The van der Waals surface area contributed by atoms with Gasteiger partial charge in [0.15, 0.2) is 0 Å². The SMILES string of the molecule is Cc1ccc(C(C)NCc2cnc(C)[nH]2)c(C)c1. The molecule has 3 heteroatoms. The Kier molecular flexibility index (Phi) is 3.82. The summed E-state index contributed by atoms with van der Waals surface area (Å²) in [6.45, 7) is 9.27. The average Bonchev–Trinajstić information content (AvgIpc) is 2.72. The van der Waals surface area contributed by atoms with E-state index < -0.39 is 0 Å². The van der Waals surface area contributed by atoms with Crippen LogP contribution < -0.4 is 5.32 Å². The maximum atomic E-state index is 4.20. The third-order valence-corrected chi connectivity index (χ3v) is 3.25. The minimum atomic E-state index is 0.342. The quantitative estimate of drug-likeness (QED) is 0.866. The van der Waals surface area contributed by atoms with Gasteiger partial charge in [0, 0.05) is 24.5 Å². The molecular weight excluding hydrogens is 222 g/mol. The molecule has 1 atom stereocenters. The van der Waals surface area contributed by atoms with E-state index in [1.54, 1.807) is 0 Å². The number of imidazole rings is 1. The predicted octanol–water partition coefficient (Wildman–Crippen LogP) is 3.19. The third-order valence-electron chi connectivity index (χ3n) is 3.25. The fraction of sp³-hybridized carbons (Fsp3) is 0.400. The third kappa shape index (κ3) is 2.99. The summed E-state index contributed by atoms with van der Waals surface area (Å²) >= 11 is 0. The fourth-order valence-corrected chi connectivity index (χ4v) is 2.25. The molecule has 1 aromatic carbocycles. The average molecular weight is 243 g/mol. The molecule has 1 heterocycles. The zero-order valence-electron chi connectivity index (χ0n) is 11.5. The number of aryl methyl sites for hydroxylation is 3. The minimum absolute atomic E-state index is 0.342. The summed E-state index contributed by atoms with van der Waals surface area (Å²) in [6.07, 6.45) is 1.89. The Bertz CT molecular complexity index is 528. The van der Waals surface area contributed by atoms with Crippen molar-refractivity contribution in [2.24, 2.45) is 0 Å². The zero-order valence-corrected chi connectivity index (χ0v) is 11.5. The van der Waals surface area contributed by atoms with Crippen LogP contribution in [0.1, 0.15) is 41.2 Å². The van der Waals surface area contributed by atoms with Crippen LogP contribution in [0.25, 0.3) is 0 Å². The lowest BCUT2D eigenvalue weighted by Crippen LogP contribution is -2.19. The van der Waals surface area contributed by atoms with Crippen molar-refractivity contribution in [3.8, 4) is 0 Å². The first-order chi connectivity index (χ1) is 8.56. The second-order valence-electron chi connectivity index (χ2n) is 4.96. The summed E-state index contributed by atoms with van der Waals surface area (Å²) in [4.78, 5) is 7.43. The molecule has 0 saturated carbocycles. The molecule has 0 spiro atoms. The van der Waals surface area contributed by atoms with Crippen molar-refractivity contribution in [3.63, 3.8) is 0 Å². The van der Waals surface area contributed by atoms with Gasteiger partial charge >= 0.3 is 0 Å². The van der Waals surface area contributed by atoms with Crippen LogP contribution in [-0.2, 0) is 6.54 Å². The van der Waals surface area contributed by atoms with Crippen LogP contribution in [0.4, 0.5) is 0 Å². The van der Waals surface area contributed by atoms with Gasteiger partial charge in [-0.25, -0.2) is 4.98 Å². The Labute approximate surface area is 109 Å². The number of hydrogen-bond donors (Lipinski definition) is 2. The fourth-order valence-electron chi connectivity index (χ4n) is 2.25. The molecular formula is C15H21N3. The summed E-state index contributed by atoms with van der Waals surface area (Å²) in [7, 11) is 0. The number of benzene rings is 1. The Morgan fingerprint density at radius 2 is 2.06 bits per heavy atom. The molecule has 0 aliphatic heterocycles. The molecule has 1 unspecified atom stereocenters. The van der Waals surface area contributed by atoms with E-state index in [1.165, 1.54) is 16.7 Å². The number of aromatic amines is 1. The topological polar surface area (TPSA) is 40.7 Å². The van der Waals surface area contributed by atoms with Gasteiger partial charge in [-0.2, -0.15) is 0 Å². The molecule has 0 aliphatic carbocycles. The van der Waals surface area contributed by atoms with Crippen LogP contribution in [0.3, 0.4) is 0 Å². The first kappa shape index (κ1) is 12.8. The van der Waals surface area contributed by atoms with Crippen LogP contribution in [0.5, 0.6) is 0 Å². The van der Waals surface area contributed by atoms with Gasteiger partial charge in [-0.3, -0.25) is 0 Å². The van der Waals surface area contributed by atoms with Crippen molar-refractivity contribution in [1.82, 2.24) is 15.3 Å². The Morgan fingerprint density at radius 1 is 1.28 bits per heavy atom. The molecule has 0 amide bonds. The number of rotatable bonds is 4. The minimum Gasteiger partial charge on any atom is -0.345 e. The monoisotopic (exact) mass is 243 g/mol. The smallest absolute Gasteiger partial charge is 0.103 e. The molecule has 1 aromatic heterocycles. The van der Waals surface area contributed by atoms with Crippen LogP contribution in [-0.4, -0.2) is 9.97 Å². The van der Waals surface area contributed by atoms with Crippen molar-refractivity contribution in [1.29, 1.82) is 0 Å². The molecule has 3 nitrogen and oxygen atoms in total. The standard InChI is InChI=1S/C15H21N3/c1-10-5-6-15(11(2)7-10)12(3)16-8-14-9-17-13(4)18-14/h5-7,9,12,16H,8H2,1-4H3,(H,17,18). The van der Waals surface area contributed by atoms with Gasteiger partial charge < -0.3 is 10.3 Å². The molecule has 0 fully saturated rings. The van der Waals surface area contributed by atoms with Gasteiger partial charge in [-0.05, 0) is 38.8 Å². The van der Waals surface area contributed by atoms with Crippen LogP contribution in [0, 0.1) is 20.8 Å². The van der Waals surface area contributed by atoms with E-state index in [1.807, 2.05) is 13.1 Å². The van der Waals surface area contributed by atoms with E-state index in [4.69, 9.17) is 0 Å². The van der Waals surface area contributed by atoms with Crippen molar-refractivity contribution < 1.29 is 0 Å². The second-order valence-corrected chi connectivity index (χ2v) is 4.96. The van der Waals surface area contributed by atoms with Gasteiger partial charge in [0.1, 0.15) is 5.82 Å². The zero-order chi connectivity index (χ0) is 13.1. The van der Waals surface area contributed by atoms with E-state index in [2.05, 4.69) is 54.3 Å². The van der Waals surface area contributed by atoms with Gasteiger partial charge in [0.25, 0.3) is 0 Å². The maximum Gasteiger partial charge on any atom is 0.103 e. The van der Waals surface area contributed by atoms with Crippen molar-refractivity contribution in [2.75, 3.05) is 0 Å². The molecule has 2 aromatic rings. The highest BCUT2D eigenvalue weighted by atomic mass is 15.0. The van der Waals surface area contributed by atoms with Gasteiger partial charge in [-0.15, -0.1) is 0 Å². The van der Waals surface area contributed by atoms with Crippen molar-refractivity contribution in [2.45, 2.75) is 40.3 Å². The van der Waals surface area contributed by atoms with Gasteiger partial charge in [0.05, 0.1) is 0 Å². The van der Waals surface area contributed by atoms with Crippen LogP contribution in [0.15, 0.2) is 24.4 Å². The molecule has 2 rings (SSSR count). The largest absolute Gasteiger partial charge is 0.345 e. The van der Waals surface area contributed by atoms with E-state index in [-0.39, 0.29) is 0 Å². The lowest BCUT2D eigenvalue weighted by atomic mass is 10.0. The summed E-state index contributed by atoms with van der Waals surface area (Å²) in [5.74, 6) is 0.964. The van der Waals surface area contributed by atoms with Gasteiger partial charge in [0.2, 0.25) is 0 Å². The summed E-state index contributed by atoms with van der Waals surface area (Å²) < 4.78 is 0. The van der Waals surface area contributed by atoms with E-state index in [0.717, 1.165) is 18.1 Å². The summed E-state index contributed by atoms with van der Waals surface area (Å²) in [5, 5.41) is 3.52. The number of aromatic nitrogens is 2. The Hall–Kier alpha value is -1.61. The molecule has 0 bridgehead atoms. The molecule has 0 saturated heterocycles. The molecule has 18 heavy (non-hydrogen) atoms. The van der Waals surface area contributed by atoms with Crippen molar-refractivity contribution in [3.05, 3.63) is 52.6 Å². The normalized spacial score (nSPS) is 12.7. The summed E-state index contributed by atoms with van der Waals surface area (Å²) in [6, 6.07) is 6.95. The Balaban J connectivity index is 2.01. The van der Waals surface area contributed by atoms with Gasteiger partial charge in [-0.1, -0.05) is 23.8 Å². The predicted molar refractivity (Wildman–Crippen MR) is 74.5 cm³/mol. The van der Waals surface area contributed by atoms with E-state index in [9.17, 15) is 0 Å². The van der Waals surface area contributed by atoms with Crippen LogP contribution >= 0.6 is 0 Å². The maximum absolute atomic E-state index is 4.20. The first-order valence-corrected chi connectivity index (χ1v) is 6.37. The number of nitrogens with one attached hydrogen (secondary N) is 2. The Morgan fingerprint density at radius 3 is 2.67 bits per heavy atom. The lowest BCUT2D eigenvalue weighted by molar-refractivity contribution is 0.566. The highest BCUT2D eigenvalue weighted by Gasteiger charge is 2.08. The highest BCUT2D eigenvalue weighted by Crippen LogP contribution is 2.18. The number of H-pyrrole nitrogens is 1. The van der Waals surface area contributed by atoms with E-state index in [0.29, 0.717) is 6.04 Å². The van der Waals surface area contributed by atoms with Crippen molar-refractivity contribution >= 4 is 0 Å². The first-order valence-electron chi connectivity index (χ1n) is 6.37. The lowest BCUT2D eigenvalue weighted by Gasteiger charge is -2.16.